The molecule has 14 heteroatoms. The van der Waals surface area contributed by atoms with Gasteiger partial charge in [0.05, 0.1) is 66.7 Å². The Balaban J connectivity index is 1.80. The van der Waals surface area contributed by atoms with Crippen LogP contribution in [0.1, 0.15) is 72.6 Å². The molecule has 0 aromatic heterocycles. The summed E-state index contributed by atoms with van der Waals surface area (Å²) in [5, 5.41) is 0. The lowest BCUT2D eigenvalue weighted by atomic mass is 9.95. The van der Waals surface area contributed by atoms with E-state index >= 15 is 0 Å². The number of unbranched alkanes of at least 4 members (excludes halogenated alkanes) is 2. The highest BCUT2D eigenvalue weighted by molar-refractivity contribution is 5.79. The Kier molecular flexibility index (Phi) is 16.6. The Hall–Kier alpha value is -3.26. The summed E-state index contributed by atoms with van der Waals surface area (Å²) >= 11 is 0. The molecule has 0 saturated carbocycles. The van der Waals surface area contributed by atoms with Gasteiger partial charge in [-0.3, -0.25) is 19.2 Å². The van der Waals surface area contributed by atoms with Crippen molar-refractivity contribution >= 4 is 35.8 Å². The fourth-order valence-electron chi connectivity index (χ4n) is 6.54. The van der Waals surface area contributed by atoms with Crippen molar-refractivity contribution < 1.29 is 66.2 Å². The molecular weight excluding hydrogens is 616 g/mol. The van der Waals surface area contributed by atoms with Crippen molar-refractivity contribution in [3.8, 4) is 0 Å². The van der Waals surface area contributed by atoms with E-state index in [1.807, 2.05) is 14.1 Å². The summed E-state index contributed by atoms with van der Waals surface area (Å²) in [5.41, 5.74) is 0. The molecule has 2 rings (SSSR count). The second-order valence-corrected chi connectivity index (χ2v) is 13.2. The Labute approximate surface area is 278 Å². The molecule has 0 bridgehead atoms. The zero-order chi connectivity index (χ0) is 35.0. The summed E-state index contributed by atoms with van der Waals surface area (Å²) in [6.07, 6.45) is 2.35. The first-order valence-electron chi connectivity index (χ1n) is 16.9. The standard InChI is InChI=1S/C33H56N2O12/c1-7-42-30(38)26-14-12-16-34(5,20-26)22-28(46-24(3)36)32(40)44-18-10-9-11-19-45-33(41)29(47-25(4)37)23-35(6)17-13-15-27(21-35)31(39)43-8-2/h26-29H,7-23H2,1-6H3/q+2. The Morgan fingerprint density at radius 3 is 1.34 bits per heavy atom. The highest BCUT2D eigenvalue weighted by Gasteiger charge is 2.42. The summed E-state index contributed by atoms with van der Waals surface area (Å²) in [4.78, 5) is 74.0. The molecule has 2 fully saturated rings. The summed E-state index contributed by atoms with van der Waals surface area (Å²) in [5.74, 6) is -3.54. The highest BCUT2D eigenvalue weighted by atomic mass is 16.6. The lowest BCUT2D eigenvalue weighted by Crippen LogP contribution is -2.57. The number of nitrogens with zero attached hydrogens (tertiary/aromatic N) is 2. The number of hydrogen-bond donors (Lipinski definition) is 0. The highest BCUT2D eigenvalue weighted by Crippen LogP contribution is 2.26. The number of quaternary nitrogens is 2. The maximum atomic E-state index is 12.9. The van der Waals surface area contributed by atoms with Crippen LogP contribution in [0.15, 0.2) is 0 Å². The topological polar surface area (TPSA) is 158 Å². The normalized spacial score (nSPS) is 25.4. The summed E-state index contributed by atoms with van der Waals surface area (Å²) < 4.78 is 32.6. The van der Waals surface area contributed by atoms with Crippen LogP contribution in [-0.2, 0) is 57.2 Å². The minimum atomic E-state index is -1.10. The molecule has 2 saturated heterocycles. The van der Waals surface area contributed by atoms with E-state index in [1.165, 1.54) is 13.8 Å². The molecule has 268 valence electrons. The fourth-order valence-corrected chi connectivity index (χ4v) is 6.54. The number of piperidine rings is 2. The van der Waals surface area contributed by atoms with E-state index in [9.17, 15) is 28.8 Å². The van der Waals surface area contributed by atoms with E-state index in [2.05, 4.69) is 0 Å². The molecule has 0 radical (unpaired) electrons. The molecule has 14 nitrogen and oxygen atoms in total. The number of rotatable bonds is 18. The second kappa shape index (κ2) is 19.5. The SMILES string of the molecule is CCOC(=O)C1CCC[N+](C)(CC(OC(C)=O)C(=O)OCCCCCOC(=O)C(C[N+]2(C)CCCC(C(=O)OCC)C2)OC(C)=O)C1. The van der Waals surface area contributed by atoms with Crippen molar-refractivity contribution in [2.45, 2.75) is 84.8 Å². The quantitative estimate of drug-likeness (QED) is 0.0904. The van der Waals surface area contributed by atoms with Crippen LogP contribution in [0.3, 0.4) is 0 Å². The van der Waals surface area contributed by atoms with Crippen molar-refractivity contribution in [2.75, 3.05) is 79.8 Å². The number of likely N-dealkylation sites (tertiary alicyclic amines) is 2. The Morgan fingerprint density at radius 1 is 0.617 bits per heavy atom. The van der Waals surface area contributed by atoms with Crippen molar-refractivity contribution in [1.29, 1.82) is 0 Å². The predicted octanol–water partition coefficient (Wildman–Crippen LogP) is 1.95. The monoisotopic (exact) mass is 672 g/mol. The summed E-state index contributed by atoms with van der Waals surface area (Å²) in [6, 6.07) is 0. The molecule has 2 aliphatic heterocycles. The van der Waals surface area contributed by atoms with Crippen molar-refractivity contribution in [2.24, 2.45) is 11.8 Å². The summed E-state index contributed by atoms with van der Waals surface area (Å²) in [6.45, 7) is 9.58. The molecule has 0 amide bonds. The van der Waals surface area contributed by atoms with E-state index in [0.717, 1.165) is 25.9 Å². The predicted molar refractivity (Wildman–Crippen MR) is 167 cm³/mol. The van der Waals surface area contributed by atoms with Gasteiger partial charge in [0.25, 0.3) is 0 Å². The zero-order valence-corrected chi connectivity index (χ0v) is 29.1. The number of esters is 6. The number of carbonyl (C=O) groups is 6. The van der Waals surface area contributed by atoms with Crippen LogP contribution in [0, 0.1) is 11.8 Å². The third-order valence-electron chi connectivity index (χ3n) is 8.70. The molecule has 6 atom stereocenters. The van der Waals surface area contributed by atoms with Gasteiger partial charge in [0.15, 0.2) is 0 Å². The van der Waals surface area contributed by atoms with Gasteiger partial charge in [-0.2, -0.15) is 0 Å². The third-order valence-corrected chi connectivity index (χ3v) is 8.70. The average Bonchev–Trinajstić information content (AvgIpc) is 2.99. The molecule has 0 aromatic rings. The third kappa shape index (κ3) is 14.2. The van der Waals surface area contributed by atoms with E-state index in [-0.39, 0.29) is 50.1 Å². The van der Waals surface area contributed by atoms with Gasteiger partial charge in [-0.15, -0.1) is 0 Å². The molecule has 6 unspecified atom stereocenters. The van der Waals surface area contributed by atoms with Gasteiger partial charge in [0, 0.05) is 13.8 Å². The summed E-state index contributed by atoms with van der Waals surface area (Å²) in [7, 11) is 3.86. The number of likely N-dealkylation sites (N-methyl/N-ethyl adjacent to an activating group) is 2. The number of carbonyl (C=O) groups excluding carboxylic acids is 6. The molecule has 2 heterocycles. The van der Waals surface area contributed by atoms with E-state index in [0.29, 0.717) is 67.4 Å². The van der Waals surface area contributed by atoms with Crippen molar-refractivity contribution in [3.05, 3.63) is 0 Å². The van der Waals surface area contributed by atoms with Crippen LogP contribution in [0.5, 0.6) is 0 Å². The molecule has 0 aliphatic carbocycles. The fraction of sp³-hybridized carbons (Fsp3) is 0.818. The molecule has 0 N–H and O–H groups in total. The van der Waals surface area contributed by atoms with Gasteiger partial charge in [-0.25, -0.2) is 9.59 Å². The number of ether oxygens (including phenoxy) is 6. The lowest BCUT2D eigenvalue weighted by molar-refractivity contribution is -0.918. The number of hydrogen-bond acceptors (Lipinski definition) is 12. The molecule has 47 heavy (non-hydrogen) atoms. The first kappa shape index (κ1) is 39.9. The van der Waals surface area contributed by atoms with Crippen LogP contribution in [0.2, 0.25) is 0 Å². The Morgan fingerprint density at radius 2 is 1.00 bits per heavy atom. The van der Waals surface area contributed by atoms with Crippen LogP contribution < -0.4 is 0 Å². The minimum Gasteiger partial charge on any atom is -0.466 e. The Bertz CT molecular complexity index is 1000. The van der Waals surface area contributed by atoms with Crippen LogP contribution in [0.4, 0.5) is 0 Å². The van der Waals surface area contributed by atoms with Gasteiger partial charge in [0.2, 0.25) is 12.2 Å². The average molecular weight is 673 g/mol. The molecule has 2 aliphatic rings. The maximum Gasteiger partial charge on any atom is 0.353 e. The van der Waals surface area contributed by atoms with Gasteiger partial charge >= 0.3 is 35.8 Å². The molecule has 0 spiro atoms. The molecular formula is C33H56N2O12+2. The van der Waals surface area contributed by atoms with E-state index in [4.69, 9.17) is 28.4 Å². The van der Waals surface area contributed by atoms with E-state index in [1.54, 1.807) is 13.8 Å². The van der Waals surface area contributed by atoms with Crippen molar-refractivity contribution in [3.63, 3.8) is 0 Å². The first-order valence-corrected chi connectivity index (χ1v) is 16.9. The second-order valence-electron chi connectivity index (χ2n) is 13.2. The van der Waals surface area contributed by atoms with E-state index < -0.39 is 36.1 Å². The maximum absolute atomic E-state index is 12.9. The minimum absolute atomic E-state index is 0.0905. The van der Waals surface area contributed by atoms with Crippen LogP contribution in [-0.4, -0.2) is 137 Å². The van der Waals surface area contributed by atoms with Gasteiger partial charge in [0.1, 0.15) is 24.9 Å². The first-order chi connectivity index (χ1) is 22.2. The van der Waals surface area contributed by atoms with Gasteiger partial charge < -0.3 is 37.4 Å². The van der Waals surface area contributed by atoms with Gasteiger partial charge in [-0.1, -0.05) is 0 Å². The molecule has 0 aromatic carbocycles. The van der Waals surface area contributed by atoms with Crippen LogP contribution >= 0.6 is 0 Å². The lowest BCUT2D eigenvalue weighted by Gasteiger charge is -2.41. The largest absolute Gasteiger partial charge is 0.466 e. The zero-order valence-electron chi connectivity index (χ0n) is 29.1. The van der Waals surface area contributed by atoms with Gasteiger partial charge in [-0.05, 0) is 58.8 Å². The smallest absolute Gasteiger partial charge is 0.353 e. The van der Waals surface area contributed by atoms with Crippen LogP contribution in [0.25, 0.3) is 0 Å². The van der Waals surface area contributed by atoms with Crippen molar-refractivity contribution in [1.82, 2.24) is 0 Å².